The van der Waals surface area contributed by atoms with Gasteiger partial charge in [-0.05, 0) is 32.8 Å². The van der Waals surface area contributed by atoms with E-state index < -0.39 is 5.60 Å². The maximum atomic E-state index is 12.3. The van der Waals surface area contributed by atoms with Crippen molar-refractivity contribution in [2.75, 3.05) is 26.2 Å². The molecule has 3 rings (SSSR count). The maximum Gasteiger partial charge on any atom is 0.410 e. The molecule has 0 saturated carbocycles. The first-order chi connectivity index (χ1) is 12.9. The van der Waals surface area contributed by atoms with Gasteiger partial charge in [-0.1, -0.05) is 30.3 Å². The van der Waals surface area contributed by atoms with Crippen LogP contribution in [0, 0.1) is 6.54 Å². The van der Waals surface area contributed by atoms with E-state index in [-0.39, 0.29) is 6.09 Å². The van der Waals surface area contributed by atoms with Crippen LogP contribution >= 0.6 is 0 Å². The van der Waals surface area contributed by atoms with Crippen molar-refractivity contribution in [3.8, 4) is 0 Å². The van der Waals surface area contributed by atoms with Crippen molar-refractivity contribution >= 4 is 6.09 Å². The van der Waals surface area contributed by atoms with Crippen LogP contribution in [0.5, 0.6) is 0 Å². The van der Waals surface area contributed by atoms with E-state index in [1.807, 2.05) is 50.1 Å². The highest BCUT2D eigenvalue weighted by molar-refractivity contribution is 5.68. The summed E-state index contributed by atoms with van der Waals surface area (Å²) in [6.07, 6.45) is 2.41. The molecule has 7 nitrogen and oxygen atoms in total. The molecule has 0 unspecified atom stereocenters. The van der Waals surface area contributed by atoms with Gasteiger partial charge in [0.2, 0.25) is 0 Å². The van der Waals surface area contributed by atoms with E-state index in [4.69, 9.17) is 4.74 Å². The van der Waals surface area contributed by atoms with Gasteiger partial charge in [-0.15, -0.1) is 10.2 Å². The molecule has 145 valence electrons. The van der Waals surface area contributed by atoms with E-state index in [9.17, 15) is 4.79 Å². The lowest BCUT2D eigenvalue weighted by Crippen LogP contribution is -2.39. The molecule has 1 radical (unpaired) electrons. The van der Waals surface area contributed by atoms with E-state index in [0.717, 1.165) is 31.9 Å². The Labute approximate surface area is 160 Å². The standard InChI is InChI=1S/C20H28N5O2/c1-20(2,3)27-19(26)24-11-7-10-23(12-13-24)15-18-22-21-16-25(18)14-17-8-5-4-6-9-17/h4-6,8-9,15-16H,7,10-14H2,1-3H3. The van der Waals surface area contributed by atoms with Crippen molar-refractivity contribution in [2.24, 2.45) is 0 Å². The van der Waals surface area contributed by atoms with Gasteiger partial charge in [0.1, 0.15) is 11.9 Å². The molecule has 2 aromatic rings. The summed E-state index contributed by atoms with van der Waals surface area (Å²) in [7, 11) is 0. The van der Waals surface area contributed by atoms with Gasteiger partial charge >= 0.3 is 6.09 Å². The minimum absolute atomic E-state index is 0.239. The highest BCUT2D eigenvalue weighted by Crippen LogP contribution is 2.14. The normalized spacial score (nSPS) is 16.2. The van der Waals surface area contributed by atoms with Gasteiger partial charge in [0, 0.05) is 26.2 Å². The molecule has 1 saturated heterocycles. The zero-order chi connectivity index (χ0) is 19.3. The molecule has 1 amide bonds. The summed E-state index contributed by atoms with van der Waals surface area (Å²) in [5.41, 5.74) is 0.738. The molecular weight excluding hydrogens is 342 g/mol. The average Bonchev–Trinajstić information content (AvgIpc) is 2.89. The van der Waals surface area contributed by atoms with E-state index in [1.54, 1.807) is 11.2 Å². The Bertz CT molecular complexity index is 738. The van der Waals surface area contributed by atoms with Crippen LogP contribution in [-0.4, -0.2) is 62.4 Å². The van der Waals surface area contributed by atoms with Crippen molar-refractivity contribution in [1.29, 1.82) is 0 Å². The van der Waals surface area contributed by atoms with Crippen molar-refractivity contribution < 1.29 is 9.53 Å². The summed E-state index contributed by atoms with van der Waals surface area (Å²) in [6, 6.07) is 10.3. The predicted octanol–water partition coefficient (Wildman–Crippen LogP) is 2.78. The molecule has 0 atom stereocenters. The van der Waals surface area contributed by atoms with Crippen LogP contribution in [0.1, 0.15) is 38.6 Å². The molecule has 1 aromatic heterocycles. The number of amides is 1. The monoisotopic (exact) mass is 370 g/mol. The number of carbonyl (C=O) groups is 1. The van der Waals surface area contributed by atoms with Gasteiger partial charge in [-0.25, -0.2) is 4.79 Å². The predicted molar refractivity (Wildman–Crippen MR) is 103 cm³/mol. The first kappa shape index (κ1) is 19.4. The lowest BCUT2D eigenvalue weighted by Gasteiger charge is -2.26. The lowest BCUT2D eigenvalue weighted by molar-refractivity contribution is 0.0259. The van der Waals surface area contributed by atoms with Gasteiger partial charge in [0.15, 0.2) is 5.82 Å². The Morgan fingerprint density at radius 1 is 1.15 bits per heavy atom. The third kappa shape index (κ3) is 5.79. The molecule has 1 fully saturated rings. The number of ether oxygens (including phenoxy) is 1. The van der Waals surface area contributed by atoms with Crippen LogP contribution in [0.25, 0.3) is 0 Å². The number of hydrogen-bond acceptors (Lipinski definition) is 5. The van der Waals surface area contributed by atoms with Gasteiger partial charge in [0.05, 0.1) is 13.1 Å². The third-order valence-electron chi connectivity index (χ3n) is 4.32. The second kappa shape index (κ2) is 8.52. The van der Waals surface area contributed by atoms with E-state index in [2.05, 4.69) is 27.2 Å². The summed E-state index contributed by atoms with van der Waals surface area (Å²) in [6.45, 7) is 11.4. The SMILES string of the molecule is CC(C)(C)OC(=O)N1CCCN([CH]c2nncn2Cc2ccccc2)CC1. The second-order valence-corrected chi connectivity index (χ2v) is 7.79. The zero-order valence-electron chi connectivity index (χ0n) is 16.3. The fourth-order valence-corrected chi connectivity index (χ4v) is 3.00. The van der Waals surface area contributed by atoms with Gasteiger partial charge in [-0.2, -0.15) is 0 Å². The Balaban J connectivity index is 1.57. The Kier molecular flexibility index (Phi) is 6.11. The van der Waals surface area contributed by atoms with Crippen molar-refractivity contribution in [3.63, 3.8) is 0 Å². The molecule has 1 aromatic carbocycles. The summed E-state index contributed by atoms with van der Waals surface area (Å²) >= 11 is 0. The lowest BCUT2D eigenvalue weighted by atomic mass is 10.2. The molecule has 27 heavy (non-hydrogen) atoms. The van der Waals surface area contributed by atoms with Crippen molar-refractivity contribution in [3.05, 3.63) is 54.6 Å². The number of aromatic nitrogens is 3. The number of nitrogens with zero attached hydrogens (tertiary/aromatic N) is 5. The smallest absolute Gasteiger partial charge is 0.410 e. The van der Waals surface area contributed by atoms with Crippen LogP contribution in [0.3, 0.4) is 0 Å². The molecule has 1 aliphatic rings. The fraction of sp³-hybridized carbons (Fsp3) is 0.500. The first-order valence-electron chi connectivity index (χ1n) is 9.39. The molecule has 0 bridgehead atoms. The largest absolute Gasteiger partial charge is 0.444 e. The molecular formula is C20H28N5O2. The van der Waals surface area contributed by atoms with Crippen LogP contribution in [0.15, 0.2) is 36.7 Å². The van der Waals surface area contributed by atoms with E-state index in [1.165, 1.54) is 5.56 Å². The number of carbonyl (C=O) groups excluding carboxylic acids is 1. The van der Waals surface area contributed by atoms with Gasteiger partial charge in [0.25, 0.3) is 0 Å². The first-order valence-corrected chi connectivity index (χ1v) is 9.39. The molecule has 0 spiro atoms. The topological polar surface area (TPSA) is 63.5 Å². The summed E-state index contributed by atoms with van der Waals surface area (Å²) in [5, 5.41) is 8.31. The van der Waals surface area contributed by atoms with E-state index >= 15 is 0 Å². The minimum Gasteiger partial charge on any atom is -0.444 e. The summed E-state index contributed by atoms with van der Waals surface area (Å²) in [4.78, 5) is 16.3. The summed E-state index contributed by atoms with van der Waals surface area (Å²) in [5.74, 6) is 0.824. The Morgan fingerprint density at radius 2 is 1.93 bits per heavy atom. The van der Waals surface area contributed by atoms with Gasteiger partial charge in [-0.3, -0.25) is 4.90 Å². The fourth-order valence-electron chi connectivity index (χ4n) is 3.00. The zero-order valence-corrected chi connectivity index (χ0v) is 16.3. The Morgan fingerprint density at radius 3 is 2.67 bits per heavy atom. The van der Waals surface area contributed by atoms with Crippen LogP contribution in [0.2, 0.25) is 0 Å². The Hall–Kier alpha value is -2.41. The molecule has 1 aliphatic heterocycles. The average molecular weight is 370 g/mol. The highest BCUT2D eigenvalue weighted by atomic mass is 16.6. The van der Waals surface area contributed by atoms with Crippen LogP contribution < -0.4 is 0 Å². The maximum absolute atomic E-state index is 12.3. The van der Waals surface area contributed by atoms with Gasteiger partial charge < -0.3 is 14.2 Å². The number of rotatable bonds is 4. The second-order valence-electron chi connectivity index (χ2n) is 7.79. The third-order valence-corrected chi connectivity index (χ3v) is 4.32. The highest BCUT2D eigenvalue weighted by Gasteiger charge is 2.25. The van der Waals surface area contributed by atoms with Crippen LogP contribution in [0.4, 0.5) is 4.79 Å². The molecule has 0 aliphatic carbocycles. The van der Waals surface area contributed by atoms with Crippen molar-refractivity contribution in [2.45, 2.75) is 39.3 Å². The quantitative estimate of drug-likeness (QED) is 0.828. The molecule has 0 N–H and O–H groups in total. The number of hydrogen-bond donors (Lipinski definition) is 0. The molecule has 2 heterocycles. The number of benzene rings is 1. The minimum atomic E-state index is -0.469. The van der Waals surface area contributed by atoms with E-state index in [0.29, 0.717) is 13.1 Å². The van der Waals surface area contributed by atoms with Crippen molar-refractivity contribution in [1.82, 2.24) is 24.6 Å². The van der Waals surface area contributed by atoms with Crippen LogP contribution in [-0.2, 0) is 11.3 Å². The molecule has 7 heteroatoms. The summed E-state index contributed by atoms with van der Waals surface area (Å²) < 4.78 is 7.52.